The third-order valence-corrected chi connectivity index (χ3v) is 4.30. The molecule has 3 rings (SSSR count). The first-order chi connectivity index (χ1) is 10.6. The SMILES string of the molecule is O=C1NC(=Nc2ccccc2O)SC1=Cc1cccc(Br)c1. The van der Waals surface area contributed by atoms with Gasteiger partial charge in [0.05, 0.1) is 4.91 Å². The summed E-state index contributed by atoms with van der Waals surface area (Å²) in [5, 5.41) is 12.9. The first-order valence-electron chi connectivity index (χ1n) is 6.45. The van der Waals surface area contributed by atoms with E-state index >= 15 is 0 Å². The highest BCUT2D eigenvalue weighted by Gasteiger charge is 2.24. The summed E-state index contributed by atoms with van der Waals surface area (Å²) in [5.74, 6) is -0.117. The molecule has 0 atom stereocenters. The topological polar surface area (TPSA) is 61.7 Å². The number of amides is 1. The maximum atomic E-state index is 12.0. The number of rotatable bonds is 2. The fraction of sp³-hybridized carbons (Fsp3) is 0. The van der Waals surface area contributed by atoms with Crippen LogP contribution in [-0.2, 0) is 4.79 Å². The Kier molecular flexibility index (Phi) is 4.31. The number of nitrogens with one attached hydrogen (secondary N) is 1. The second-order valence-corrected chi connectivity index (χ2v) is 6.47. The van der Waals surface area contributed by atoms with Gasteiger partial charge < -0.3 is 10.4 Å². The molecule has 2 N–H and O–H groups in total. The average Bonchev–Trinajstić information content (AvgIpc) is 2.81. The van der Waals surface area contributed by atoms with Crippen molar-refractivity contribution in [2.75, 3.05) is 0 Å². The van der Waals surface area contributed by atoms with Gasteiger partial charge in [0.1, 0.15) is 11.4 Å². The molecular formula is C16H11BrN2O2S. The van der Waals surface area contributed by atoms with E-state index in [4.69, 9.17) is 0 Å². The molecule has 1 heterocycles. The monoisotopic (exact) mass is 374 g/mol. The molecule has 1 aliphatic heterocycles. The van der Waals surface area contributed by atoms with E-state index in [9.17, 15) is 9.90 Å². The lowest BCUT2D eigenvalue weighted by Gasteiger charge is -1.98. The Hall–Kier alpha value is -2.05. The van der Waals surface area contributed by atoms with Gasteiger partial charge in [0.2, 0.25) is 0 Å². The van der Waals surface area contributed by atoms with Gasteiger partial charge in [-0.2, -0.15) is 0 Å². The van der Waals surface area contributed by atoms with Crippen LogP contribution in [0.2, 0.25) is 0 Å². The van der Waals surface area contributed by atoms with Crippen LogP contribution in [0.5, 0.6) is 5.75 Å². The van der Waals surface area contributed by atoms with Crippen molar-refractivity contribution in [3.05, 3.63) is 63.5 Å². The zero-order valence-corrected chi connectivity index (χ0v) is 13.7. The van der Waals surface area contributed by atoms with Crippen molar-refractivity contribution in [2.45, 2.75) is 0 Å². The van der Waals surface area contributed by atoms with Crippen LogP contribution in [0.1, 0.15) is 5.56 Å². The van der Waals surface area contributed by atoms with Crippen LogP contribution in [0.3, 0.4) is 0 Å². The molecule has 0 spiro atoms. The third kappa shape index (κ3) is 3.40. The summed E-state index contributed by atoms with van der Waals surface area (Å²) in [7, 11) is 0. The van der Waals surface area contributed by atoms with Crippen LogP contribution < -0.4 is 5.32 Å². The van der Waals surface area contributed by atoms with Crippen molar-refractivity contribution in [3.63, 3.8) is 0 Å². The molecule has 0 radical (unpaired) electrons. The van der Waals surface area contributed by atoms with Crippen LogP contribution >= 0.6 is 27.7 Å². The minimum atomic E-state index is -0.195. The van der Waals surface area contributed by atoms with Gasteiger partial charge in [-0.25, -0.2) is 4.99 Å². The van der Waals surface area contributed by atoms with E-state index in [0.717, 1.165) is 10.0 Å². The van der Waals surface area contributed by atoms with Gasteiger partial charge in [-0.1, -0.05) is 40.2 Å². The largest absolute Gasteiger partial charge is 0.506 e. The molecule has 110 valence electrons. The normalized spacial score (nSPS) is 18.0. The molecule has 1 aliphatic rings. The number of aliphatic imine (C=N–C) groups is 1. The van der Waals surface area contributed by atoms with Gasteiger partial charge in [-0.15, -0.1) is 0 Å². The summed E-state index contributed by atoms with van der Waals surface area (Å²) in [6.07, 6.45) is 1.80. The quantitative estimate of drug-likeness (QED) is 0.779. The van der Waals surface area contributed by atoms with Crippen molar-refractivity contribution < 1.29 is 9.90 Å². The van der Waals surface area contributed by atoms with E-state index in [1.165, 1.54) is 11.8 Å². The lowest BCUT2D eigenvalue weighted by Crippen LogP contribution is -2.19. The van der Waals surface area contributed by atoms with Gasteiger partial charge in [-0.05, 0) is 47.7 Å². The lowest BCUT2D eigenvalue weighted by atomic mass is 10.2. The number of aromatic hydroxyl groups is 1. The first kappa shape index (κ1) is 14.9. The Morgan fingerprint density at radius 1 is 1.18 bits per heavy atom. The van der Waals surface area contributed by atoms with E-state index in [2.05, 4.69) is 26.2 Å². The molecule has 0 aromatic heterocycles. The first-order valence-corrected chi connectivity index (χ1v) is 8.06. The standard InChI is InChI=1S/C16H11BrN2O2S/c17-11-5-3-4-10(8-11)9-14-15(21)19-16(22-14)18-12-6-1-2-7-13(12)20/h1-9,20H,(H,18,19,21). The average molecular weight is 375 g/mol. The Balaban J connectivity index is 1.86. The molecule has 0 saturated carbocycles. The Morgan fingerprint density at radius 3 is 2.77 bits per heavy atom. The lowest BCUT2D eigenvalue weighted by molar-refractivity contribution is -0.115. The van der Waals surface area contributed by atoms with Crippen LogP contribution in [0.4, 0.5) is 5.69 Å². The number of halogens is 1. The summed E-state index contributed by atoms with van der Waals surface area (Å²) in [6, 6.07) is 14.4. The molecule has 1 amide bonds. The number of thioether (sulfide) groups is 1. The molecule has 2 aromatic carbocycles. The van der Waals surface area contributed by atoms with E-state index in [-0.39, 0.29) is 11.7 Å². The number of carbonyl (C=O) groups excluding carboxylic acids is 1. The highest BCUT2D eigenvalue weighted by atomic mass is 79.9. The maximum absolute atomic E-state index is 12.0. The Bertz CT molecular complexity index is 802. The van der Waals surface area contributed by atoms with E-state index in [1.807, 2.05) is 24.3 Å². The molecule has 4 nitrogen and oxygen atoms in total. The molecule has 0 aliphatic carbocycles. The maximum Gasteiger partial charge on any atom is 0.264 e. The number of phenols is 1. The van der Waals surface area contributed by atoms with Crippen LogP contribution in [-0.4, -0.2) is 16.2 Å². The van der Waals surface area contributed by atoms with Crippen molar-refractivity contribution in [3.8, 4) is 5.75 Å². The van der Waals surface area contributed by atoms with Crippen LogP contribution in [0.25, 0.3) is 6.08 Å². The fourth-order valence-corrected chi connectivity index (χ4v) is 3.15. The highest BCUT2D eigenvalue weighted by Crippen LogP contribution is 2.31. The molecule has 0 unspecified atom stereocenters. The number of amidine groups is 1. The van der Waals surface area contributed by atoms with Crippen molar-refractivity contribution >= 4 is 50.5 Å². The molecule has 2 aromatic rings. The smallest absolute Gasteiger partial charge is 0.264 e. The third-order valence-electron chi connectivity index (χ3n) is 2.90. The predicted octanol–water partition coefficient (Wildman–Crippen LogP) is 4.05. The number of phenolic OH excluding ortho intramolecular Hbond substituents is 1. The van der Waals surface area contributed by atoms with Crippen molar-refractivity contribution in [1.29, 1.82) is 0 Å². The number of hydrogen-bond donors (Lipinski definition) is 2. The molecule has 1 saturated heterocycles. The number of para-hydroxylation sites is 2. The summed E-state index contributed by atoms with van der Waals surface area (Å²) >= 11 is 4.65. The van der Waals surface area contributed by atoms with E-state index in [1.54, 1.807) is 30.3 Å². The Labute approximate surface area is 140 Å². The van der Waals surface area contributed by atoms with E-state index < -0.39 is 0 Å². The van der Waals surface area contributed by atoms with Gasteiger partial charge in [0.15, 0.2) is 5.17 Å². The summed E-state index contributed by atoms with van der Waals surface area (Å²) in [5.41, 5.74) is 1.35. The highest BCUT2D eigenvalue weighted by molar-refractivity contribution is 9.10. The van der Waals surface area contributed by atoms with Crippen molar-refractivity contribution in [1.82, 2.24) is 5.32 Å². The molecule has 22 heavy (non-hydrogen) atoms. The van der Waals surface area contributed by atoms with E-state index in [0.29, 0.717) is 15.8 Å². The van der Waals surface area contributed by atoms with Gasteiger partial charge in [0.25, 0.3) is 5.91 Å². The zero-order valence-electron chi connectivity index (χ0n) is 11.3. The van der Waals surface area contributed by atoms with Gasteiger partial charge >= 0.3 is 0 Å². The second-order valence-electron chi connectivity index (χ2n) is 4.53. The molecular weight excluding hydrogens is 364 g/mol. The van der Waals surface area contributed by atoms with Crippen LogP contribution in [0, 0.1) is 0 Å². The summed E-state index contributed by atoms with van der Waals surface area (Å²) in [4.78, 5) is 16.8. The Morgan fingerprint density at radius 2 is 2.00 bits per heavy atom. The fourth-order valence-electron chi connectivity index (χ4n) is 1.90. The molecule has 6 heteroatoms. The number of carbonyl (C=O) groups is 1. The molecule has 0 bridgehead atoms. The summed E-state index contributed by atoms with van der Waals surface area (Å²) in [6.45, 7) is 0. The number of benzene rings is 2. The minimum absolute atomic E-state index is 0.0780. The summed E-state index contributed by atoms with van der Waals surface area (Å²) < 4.78 is 0.952. The predicted molar refractivity (Wildman–Crippen MR) is 93.1 cm³/mol. The van der Waals surface area contributed by atoms with Gasteiger partial charge in [-0.3, -0.25) is 4.79 Å². The van der Waals surface area contributed by atoms with Gasteiger partial charge in [0, 0.05) is 4.47 Å². The minimum Gasteiger partial charge on any atom is -0.506 e. The zero-order chi connectivity index (χ0) is 15.5. The number of hydrogen-bond acceptors (Lipinski definition) is 4. The second kappa shape index (κ2) is 6.37. The number of nitrogens with zero attached hydrogens (tertiary/aromatic N) is 1. The van der Waals surface area contributed by atoms with Crippen molar-refractivity contribution in [2.24, 2.45) is 4.99 Å². The molecule has 1 fully saturated rings. The van der Waals surface area contributed by atoms with Crippen LogP contribution in [0.15, 0.2) is 62.9 Å².